The van der Waals surface area contributed by atoms with Gasteiger partial charge in [0.05, 0.1) is 60.9 Å². The molecular formula is C46H36Cl4N2O12. The van der Waals surface area contributed by atoms with E-state index < -0.39 is 35.6 Å². The second-order valence-electron chi connectivity index (χ2n) is 13.7. The first-order valence-electron chi connectivity index (χ1n) is 18.8. The van der Waals surface area contributed by atoms with E-state index in [1.165, 1.54) is 126 Å². The number of rotatable bonds is 14. The van der Waals surface area contributed by atoms with Crippen molar-refractivity contribution in [1.29, 1.82) is 0 Å². The van der Waals surface area contributed by atoms with E-state index in [2.05, 4.69) is 10.6 Å². The number of benzene rings is 5. The second kappa shape index (κ2) is 20.6. The monoisotopic (exact) mass is 948 g/mol. The fourth-order valence-corrected chi connectivity index (χ4v) is 7.37. The third-order valence-electron chi connectivity index (χ3n) is 9.49. The molecule has 0 radical (unpaired) electrons. The first-order chi connectivity index (χ1) is 30.6. The Balaban J connectivity index is 1.11. The van der Waals surface area contributed by atoms with Crippen molar-refractivity contribution in [2.45, 2.75) is 13.3 Å². The molecule has 1 unspecified atom stereocenters. The average Bonchev–Trinajstić information content (AvgIpc) is 3.26. The number of carbonyl (C=O) groups excluding carboxylic acids is 5. The highest BCUT2D eigenvalue weighted by Gasteiger charge is 2.31. The molecule has 330 valence electrons. The first-order valence-corrected chi connectivity index (χ1v) is 20.4. The summed E-state index contributed by atoms with van der Waals surface area (Å²) in [7, 11) is 5.42. The summed E-state index contributed by atoms with van der Waals surface area (Å²) in [4.78, 5) is 66.0. The van der Waals surface area contributed by atoms with E-state index in [0.29, 0.717) is 15.7 Å². The number of amides is 2. The molecule has 1 aliphatic rings. The van der Waals surface area contributed by atoms with Crippen molar-refractivity contribution in [3.8, 4) is 28.7 Å². The van der Waals surface area contributed by atoms with E-state index in [1.54, 1.807) is 6.92 Å². The number of methoxy groups -OCH3 is 4. The number of hydrogen-bond donors (Lipinski definition) is 2. The minimum absolute atomic E-state index is 0.00659. The van der Waals surface area contributed by atoms with Crippen LogP contribution in [0.4, 0.5) is 11.4 Å². The third kappa shape index (κ3) is 10.9. The normalized spacial score (nSPS) is 13.2. The SMILES string of the molecule is COC1=C(C(=O)Oc2ccc(C(=O)Oc3ccc(NC(=O)c4ccc(Cl)cc4Cl)c(OC)c3)c(OC)c2)C(C)CC(OC(=O)c2ccc(NC(=O)c3ccc(Cl)cc3Cl)cc2OC)=C1. The number of allylic oxidation sites excluding steroid dienone is 2. The van der Waals surface area contributed by atoms with E-state index in [1.807, 2.05) is 0 Å². The van der Waals surface area contributed by atoms with Crippen LogP contribution in [0.5, 0.6) is 28.7 Å². The Hall–Kier alpha value is -6.71. The quantitative estimate of drug-likeness (QED) is 0.0798. The average molecular weight is 951 g/mol. The van der Waals surface area contributed by atoms with Gasteiger partial charge in [0.2, 0.25) is 0 Å². The maximum Gasteiger partial charge on any atom is 0.347 e. The van der Waals surface area contributed by atoms with E-state index in [-0.39, 0.29) is 90.2 Å². The van der Waals surface area contributed by atoms with Gasteiger partial charge in [-0.2, -0.15) is 0 Å². The number of ether oxygens (including phenoxy) is 7. The summed E-state index contributed by atoms with van der Waals surface area (Å²) in [6.45, 7) is 1.73. The highest BCUT2D eigenvalue weighted by atomic mass is 35.5. The lowest BCUT2D eigenvalue weighted by Crippen LogP contribution is -2.23. The molecule has 0 saturated carbocycles. The zero-order chi connectivity index (χ0) is 46.2. The van der Waals surface area contributed by atoms with E-state index in [4.69, 9.17) is 79.6 Å². The molecule has 5 aromatic rings. The van der Waals surface area contributed by atoms with Crippen molar-refractivity contribution in [1.82, 2.24) is 0 Å². The van der Waals surface area contributed by atoms with Gasteiger partial charge in [-0.3, -0.25) is 9.59 Å². The van der Waals surface area contributed by atoms with Gasteiger partial charge in [0, 0.05) is 46.4 Å². The number of carbonyl (C=O) groups is 5. The number of halogens is 4. The Morgan fingerprint density at radius 1 is 0.531 bits per heavy atom. The smallest absolute Gasteiger partial charge is 0.347 e. The Kier molecular flexibility index (Phi) is 15.1. The summed E-state index contributed by atoms with van der Waals surface area (Å²) >= 11 is 24.2. The molecule has 2 amide bonds. The van der Waals surface area contributed by atoms with Crippen LogP contribution in [0.3, 0.4) is 0 Å². The van der Waals surface area contributed by atoms with Gasteiger partial charge in [-0.05, 0) is 78.7 Å². The summed E-state index contributed by atoms with van der Waals surface area (Å²) in [6, 6.07) is 21.8. The molecule has 5 aromatic carbocycles. The summed E-state index contributed by atoms with van der Waals surface area (Å²) in [6.07, 6.45) is 1.53. The molecule has 0 spiro atoms. The molecule has 1 atom stereocenters. The zero-order valence-corrected chi connectivity index (χ0v) is 37.5. The van der Waals surface area contributed by atoms with Crippen molar-refractivity contribution in [3.05, 3.63) is 157 Å². The molecule has 64 heavy (non-hydrogen) atoms. The largest absolute Gasteiger partial charge is 0.496 e. The lowest BCUT2D eigenvalue weighted by molar-refractivity contribution is -0.131. The van der Waals surface area contributed by atoms with Gasteiger partial charge in [0.25, 0.3) is 11.8 Å². The molecule has 1 aliphatic carbocycles. The van der Waals surface area contributed by atoms with Gasteiger partial charge in [-0.25, -0.2) is 14.4 Å². The van der Waals surface area contributed by atoms with Crippen LogP contribution in [0, 0.1) is 5.92 Å². The fourth-order valence-electron chi connectivity index (χ4n) is 6.38. The molecule has 2 N–H and O–H groups in total. The van der Waals surface area contributed by atoms with Crippen molar-refractivity contribution in [2.75, 3.05) is 39.1 Å². The lowest BCUT2D eigenvalue weighted by atomic mass is 9.91. The predicted octanol–water partition coefficient (Wildman–Crippen LogP) is 10.6. The van der Waals surface area contributed by atoms with Crippen LogP contribution in [0.1, 0.15) is 54.8 Å². The van der Waals surface area contributed by atoms with Crippen molar-refractivity contribution in [3.63, 3.8) is 0 Å². The standard InChI is InChI=1S/C46H36Cl4N2O12/c1-23-16-29(64-45(56)32-13-8-26(19-37(32)58-2)51-42(53)30-11-6-24(47)17-34(30)49)22-40(61-5)41(23)46(57)63-27-9-14-33(38(20-27)59-3)44(55)62-28-10-15-36(39(21-28)60-4)52-43(54)31-12-7-25(48)18-35(31)50/h6-15,17-23H,16H2,1-5H3,(H,51,53)(H,52,54). The Morgan fingerprint density at radius 2 is 1.03 bits per heavy atom. The van der Waals surface area contributed by atoms with Gasteiger partial charge >= 0.3 is 17.9 Å². The van der Waals surface area contributed by atoms with Crippen molar-refractivity contribution in [2.24, 2.45) is 5.92 Å². The lowest BCUT2D eigenvalue weighted by Gasteiger charge is -2.23. The summed E-state index contributed by atoms with van der Waals surface area (Å²) in [5, 5.41) is 6.49. The highest BCUT2D eigenvalue weighted by Crippen LogP contribution is 2.36. The van der Waals surface area contributed by atoms with Crippen LogP contribution in [0.25, 0.3) is 0 Å². The van der Waals surface area contributed by atoms with Gasteiger partial charge in [-0.1, -0.05) is 53.3 Å². The minimum Gasteiger partial charge on any atom is -0.496 e. The molecule has 0 heterocycles. The Morgan fingerprint density at radius 3 is 1.61 bits per heavy atom. The zero-order valence-electron chi connectivity index (χ0n) is 34.4. The number of hydrogen-bond acceptors (Lipinski definition) is 12. The molecule has 0 fully saturated rings. The van der Waals surface area contributed by atoms with Gasteiger partial charge < -0.3 is 43.8 Å². The summed E-state index contributed by atoms with van der Waals surface area (Å²) in [5.74, 6) is -3.12. The van der Waals surface area contributed by atoms with Crippen LogP contribution in [-0.2, 0) is 14.3 Å². The maximum atomic E-state index is 13.6. The molecule has 14 nitrogen and oxygen atoms in total. The summed E-state index contributed by atoms with van der Waals surface area (Å²) < 4.78 is 38.8. The maximum absolute atomic E-state index is 13.6. The second-order valence-corrected chi connectivity index (χ2v) is 15.3. The molecular weight excluding hydrogens is 914 g/mol. The molecule has 18 heteroatoms. The summed E-state index contributed by atoms with van der Waals surface area (Å²) in [5.41, 5.74) is 1.22. The fraction of sp³-hybridized carbons (Fsp3) is 0.152. The van der Waals surface area contributed by atoms with E-state index in [9.17, 15) is 24.0 Å². The molecule has 6 rings (SSSR count). The molecule has 0 saturated heterocycles. The van der Waals surface area contributed by atoms with Crippen LogP contribution in [0.15, 0.2) is 114 Å². The van der Waals surface area contributed by atoms with Gasteiger partial charge in [0.15, 0.2) is 0 Å². The van der Waals surface area contributed by atoms with Crippen LogP contribution >= 0.6 is 46.4 Å². The molecule has 0 aliphatic heterocycles. The van der Waals surface area contributed by atoms with Gasteiger partial charge in [-0.15, -0.1) is 0 Å². The first kappa shape index (κ1) is 46.8. The van der Waals surface area contributed by atoms with E-state index in [0.717, 1.165) is 0 Å². The van der Waals surface area contributed by atoms with Crippen LogP contribution < -0.4 is 34.3 Å². The Labute approximate surface area is 386 Å². The van der Waals surface area contributed by atoms with Crippen LogP contribution in [-0.4, -0.2) is 58.2 Å². The highest BCUT2D eigenvalue weighted by molar-refractivity contribution is 6.38. The Bertz CT molecular complexity index is 2750. The number of nitrogens with one attached hydrogen (secondary N) is 2. The molecule has 0 aromatic heterocycles. The van der Waals surface area contributed by atoms with Crippen LogP contribution in [0.2, 0.25) is 20.1 Å². The minimum atomic E-state index is -0.807. The number of esters is 3. The van der Waals surface area contributed by atoms with E-state index >= 15 is 0 Å². The molecule has 0 bridgehead atoms. The third-order valence-corrected chi connectivity index (χ3v) is 10.6. The topological polar surface area (TPSA) is 174 Å². The predicted molar refractivity (Wildman–Crippen MR) is 240 cm³/mol. The van der Waals surface area contributed by atoms with Crippen molar-refractivity contribution >= 4 is 87.5 Å². The number of anilines is 2. The van der Waals surface area contributed by atoms with Crippen molar-refractivity contribution < 1.29 is 57.1 Å². The van der Waals surface area contributed by atoms with Gasteiger partial charge in [0.1, 0.15) is 51.4 Å².